The van der Waals surface area contributed by atoms with E-state index in [2.05, 4.69) is 29.6 Å². The summed E-state index contributed by atoms with van der Waals surface area (Å²) in [5.41, 5.74) is 1.72. The third-order valence-corrected chi connectivity index (χ3v) is 4.95. The zero-order valence-corrected chi connectivity index (χ0v) is 19.3. The minimum atomic E-state index is -0.661. The molecular formula is C26H36N2O3. The first-order valence-corrected chi connectivity index (χ1v) is 11.1. The number of likely N-dealkylation sites (N-methyl/N-ethyl adjacent to an activating group) is 1. The van der Waals surface area contributed by atoms with Gasteiger partial charge in [-0.25, -0.2) is 4.79 Å². The molecule has 168 valence electrons. The minimum Gasteiger partial charge on any atom is -0.444 e. The lowest BCUT2D eigenvalue weighted by Crippen LogP contribution is -2.50. The van der Waals surface area contributed by atoms with Crippen molar-refractivity contribution in [1.82, 2.24) is 10.2 Å². The highest BCUT2D eigenvalue weighted by Crippen LogP contribution is 2.11. The molecule has 0 heterocycles. The Labute approximate surface area is 186 Å². The third kappa shape index (κ3) is 9.69. The van der Waals surface area contributed by atoms with Gasteiger partial charge in [0.25, 0.3) is 0 Å². The standard InChI is InChI=1S/C26H36N2O3/c1-26(2,3)31-25(30)27-23(20-22-17-10-6-11-18-22)24(29)28(4)19-13-7-12-16-21-14-8-5-9-15-21/h5-6,8-11,14-15,17-18,23H,7,12-13,16,19-20H2,1-4H3,(H,27,30)/t23-/m0/s1. The molecule has 0 aliphatic rings. The van der Waals surface area contributed by atoms with Crippen molar-refractivity contribution in [3.8, 4) is 0 Å². The number of benzene rings is 2. The Bertz CT molecular complexity index is 800. The number of rotatable bonds is 10. The summed E-state index contributed by atoms with van der Waals surface area (Å²) in [5.74, 6) is -0.0993. The van der Waals surface area contributed by atoms with Gasteiger partial charge in [-0.15, -0.1) is 0 Å². The van der Waals surface area contributed by atoms with Crippen LogP contribution in [-0.2, 0) is 22.4 Å². The van der Waals surface area contributed by atoms with Gasteiger partial charge in [0.2, 0.25) is 5.91 Å². The van der Waals surface area contributed by atoms with E-state index in [0.717, 1.165) is 31.2 Å². The number of nitrogens with zero attached hydrogens (tertiary/aromatic N) is 1. The zero-order valence-electron chi connectivity index (χ0n) is 19.3. The molecule has 2 aromatic rings. The molecule has 0 radical (unpaired) electrons. The van der Waals surface area contributed by atoms with Crippen molar-refractivity contribution in [2.45, 2.75) is 64.5 Å². The Morgan fingerprint density at radius 2 is 1.48 bits per heavy atom. The topological polar surface area (TPSA) is 58.6 Å². The van der Waals surface area contributed by atoms with Gasteiger partial charge in [-0.05, 0) is 51.2 Å². The van der Waals surface area contributed by atoms with Crippen LogP contribution < -0.4 is 5.32 Å². The third-order valence-electron chi connectivity index (χ3n) is 4.95. The number of hydrogen-bond acceptors (Lipinski definition) is 3. The van der Waals surface area contributed by atoms with Crippen LogP contribution in [0.25, 0.3) is 0 Å². The largest absolute Gasteiger partial charge is 0.444 e. The van der Waals surface area contributed by atoms with Gasteiger partial charge in [-0.2, -0.15) is 0 Å². The fraction of sp³-hybridized carbons (Fsp3) is 0.462. The van der Waals surface area contributed by atoms with Crippen LogP contribution in [0, 0.1) is 0 Å². The van der Waals surface area contributed by atoms with Crippen molar-refractivity contribution in [3.05, 3.63) is 71.8 Å². The van der Waals surface area contributed by atoms with Crippen LogP contribution >= 0.6 is 0 Å². The summed E-state index contributed by atoms with van der Waals surface area (Å²) in [6.07, 6.45) is 3.98. The number of unbranched alkanes of at least 4 members (excludes halogenated alkanes) is 2. The lowest BCUT2D eigenvalue weighted by Gasteiger charge is -2.26. The number of hydrogen-bond donors (Lipinski definition) is 1. The molecule has 0 saturated carbocycles. The van der Waals surface area contributed by atoms with E-state index < -0.39 is 17.7 Å². The van der Waals surface area contributed by atoms with Crippen LogP contribution in [0.1, 0.15) is 51.2 Å². The molecule has 0 unspecified atom stereocenters. The van der Waals surface area contributed by atoms with Gasteiger partial charge in [0.1, 0.15) is 11.6 Å². The minimum absolute atomic E-state index is 0.0993. The van der Waals surface area contributed by atoms with Crippen LogP contribution in [-0.4, -0.2) is 42.1 Å². The highest BCUT2D eigenvalue weighted by Gasteiger charge is 2.26. The lowest BCUT2D eigenvalue weighted by atomic mass is 10.0. The Morgan fingerprint density at radius 3 is 2.06 bits per heavy atom. The summed E-state index contributed by atoms with van der Waals surface area (Å²) < 4.78 is 5.37. The first-order valence-electron chi connectivity index (χ1n) is 11.1. The van der Waals surface area contributed by atoms with Gasteiger partial charge in [0.15, 0.2) is 0 Å². The van der Waals surface area contributed by atoms with Crippen LogP contribution in [0.2, 0.25) is 0 Å². The maximum atomic E-state index is 13.1. The maximum Gasteiger partial charge on any atom is 0.408 e. The van der Waals surface area contributed by atoms with E-state index in [9.17, 15) is 9.59 Å². The normalized spacial score (nSPS) is 12.1. The van der Waals surface area contributed by atoms with Crippen molar-refractivity contribution in [3.63, 3.8) is 0 Å². The van der Waals surface area contributed by atoms with Gasteiger partial charge in [-0.1, -0.05) is 67.1 Å². The molecule has 0 fully saturated rings. The molecule has 31 heavy (non-hydrogen) atoms. The van der Waals surface area contributed by atoms with Gasteiger partial charge in [0.05, 0.1) is 0 Å². The highest BCUT2D eigenvalue weighted by molar-refractivity contribution is 5.85. The molecule has 0 aliphatic heterocycles. The van der Waals surface area contributed by atoms with Crippen molar-refractivity contribution in [2.75, 3.05) is 13.6 Å². The van der Waals surface area contributed by atoms with Gasteiger partial charge in [0, 0.05) is 20.0 Å². The van der Waals surface area contributed by atoms with Crippen LogP contribution in [0.15, 0.2) is 60.7 Å². The molecule has 2 aromatic carbocycles. The summed E-state index contributed by atoms with van der Waals surface area (Å²) in [6.45, 7) is 6.08. The Morgan fingerprint density at radius 1 is 0.903 bits per heavy atom. The summed E-state index contributed by atoms with van der Waals surface area (Å²) in [4.78, 5) is 27.1. The second kappa shape index (κ2) is 12.1. The summed E-state index contributed by atoms with van der Waals surface area (Å²) in [7, 11) is 1.80. The average molecular weight is 425 g/mol. The molecule has 2 rings (SSSR count). The molecule has 1 atom stereocenters. The second-order valence-electron chi connectivity index (χ2n) is 8.94. The Kier molecular flexibility index (Phi) is 9.57. The number of amides is 2. The smallest absolute Gasteiger partial charge is 0.408 e. The Hall–Kier alpha value is -2.82. The first kappa shape index (κ1) is 24.4. The molecule has 0 saturated heterocycles. The van der Waals surface area contributed by atoms with Gasteiger partial charge >= 0.3 is 6.09 Å². The SMILES string of the molecule is CN(CCCCCc1ccccc1)C(=O)[C@H](Cc1ccccc1)NC(=O)OC(C)(C)C. The van der Waals surface area contributed by atoms with Crippen molar-refractivity contribution < 1.29 is 14.3 Å². The van der Waals surface area contributed by atoms with Crippen molar-refractivity contribution >= 4 is 12.0 Å². The molecule has 0 aliphatic carbocycles. The number of carbonyl (C=O) groups excluding carboxylic acids is 2. The van der Waals surface area contributed by atoms with Gasteiger partial charge in [-0.3, -0.25) is 4.79 Å². The van der Waals surface area contributed by atoms with Crippen molar-refractivity contribution in [1.29, 1.82) is 0 Å². The maximum absolute atomic E-state index is 13.1. The lowest BCUT2D eigenvalue weighted by molar-refractivity contribution is -0.132. The van der Waals surface area contributed by atoms with E-state index in [1.807, 2.05) is 57.2 Å². The van der Waals surface area contributed by atoms with Gasteiger partial charge < -0.3 is 15.0 Å². The zero-order chi connectivity index (χ0) is 22.7. The molecular weight excluding hydrogens is 388 g/mol. The average Bonchev–Trinajstić information content (AvgIpc) is 2.72. The number of alkyl carbamates (subject to hydrolysis) is 1. The second-order valence-corrected chi connectivity index (χ2v) is 8.94. The monoisotopic (exact) mass is 424 g/mol. The van der Waals surface area contributed by atoms with Crippen LogP contribution in [0.5, 0.6) is 0 Å². The summed E-state index contributed by atoms with van der Waals surface area (Å²) in [5, 5.41) is 2.77. The molecule has 0 spiro atoms. The summed E-state index contributed by atoms with van der Waals surface area (Å²) in [6, 6.07) is 19.5. The van der Waals surface area contributed by atoms with Crippen LogP contribution in [0.3, 0.4) is 0 Å². The highest BCUT2D eigenvalue weighted by atomic mass is 16.6. The quantitative estimate of drug-likeness (QED) is 0.547. The van der Waals surface area contributed by atoms with E-state index in [1.165, 1.54) is 5.56 Å². The fourth-order valence-electron chi connectivity index (χ4n) is 3.38. The first-order chi connectivity index (χ1) is 14.7. The van der Waals surface area contributed by atoms with E-state index in [0.29, 0.717) is 13.0 Å². The molecule has 2 amide bonds. The van der Waals surface area contributed by atoms with E-state index in [-0.39, 0.29) is 5.91 Å². The number of aryl methyl sites for hydroxylation is 1. The van der Waals surface area contributed by atoms with E-state index in [4.69, 9.17) is 4.74 Å². The predicted molar refractivity (Wildman–Crippen MR) is 125 cm³/mol. The molecule has 0 aromatic heterocycles. The molecule has 1 N–H and O–H groups in total. The number of carbonyl (C=O) groups is 2. The molecule has 5 heteroatoms. The van der Waals surface area contributed by atoms with E-state index in [1.54, 1.807) is 11.9 Å². The summed E-state index contributed by atoms with van der Waals surface area (Å²) >= 11 is 0. The Balaban J connectivity index is 1.87. The van der Waals surface area contributed by atoms with E-state index >= 15 is 0 Å². The number of ether oxygens (including phenoxy) is 1. The molecule has 0 bridgehead atoms. The fourth-order valence-corrected chi connectivity index (χ4v) is 3.38. The van der Waals surface area contributed by atoms with Crippen LogP contribution in [0.4, 0.5) is 4.79 Å². The predicted octanol–water partition coefficient (Wildman–Crippen LogP) is 4.99. The number of nitrogens with one attached hydrogen (secondary N) is 1. The van der Waals surface area contributed by atoms with Crippen molar-refractivity contribution in [2.24, 2.45) is 0 Å². The molecule has 5 nitrogen and oxygen atoms in total.